The monoisotopic (exact) mass is 395 g/mol. The molecule has 0 amide bonds. The second-order valence-corrected chi connectivity index (χ2v) is 6.89. The van der Waals surface area contributed by atoms with Gasteiger partial charge in [0.05, 0.1) is 26.5 Å². The fourth-order valence-electron chi connectivity index (χ4n) is 3.28. The molecule has 0 unspecified atom stereocenters. The molecule has 0 aliphatic rings. The zero-order chi connectivity index (χ0) is 20.8. The van der Waals surface area contributed by atoms with E-state index in [0.29, 0.717) is 6.54 Å². The average Bonchev–Trinajstić information content (AvgIpc) is 3.17. The van der Waals surface area contributed by atoms with E-state index in [9.17, 15) is 0 Å². The van der Waals surface area contributed by atoms with Gasteiger partial charge in [-0.1, -0.05) is 12.1 Å². The molecule has 0 aliphatic heterocycles. The summed E-state index contributed by atoms with van der Waals surface area (Å²) in [5.74, 6) is 2.32. The highest BCUT2D eigenvalue weighted by Crippen LogP contribution is 2.27. The van der Waals surface area contributed by atoms with Crippen LogP contribution in [0.2, 0.25) is 0 Å². The Morgan fingerprint density at radius 2 is 1.97 bits per heavy atom. The largest absolute Gasteiger partial charge is 0.493 e. The molecule has 29 heavy (non-hydrogen) atoms. The van der Waals surface area contributed by atoms with E-state index in [4.69, 9.17) is 9.47 Å². The van der Waals surface area contributed by atoms with Crippen LogP contribution in [0.5, 0.6) is 11.5 Å². The predicted octanol–water partition coefficient (Wildman–Crippen LogP) is 2.91. The van der Waals surface area contributed by atoms with Crippen LogP contribution in [0.3, 0.4) is 0 Å². The van der Waals surface area contributed by atoms with E-state index in [1.807, 2.05) is 31.3 Å². The number of fused-ring (bicyclic) bond motifs is 1. The van der Waals surface area contributed by atoms with Crippen LogP contribution in [0, 0.1) is 6.92 Å². The van der Waals surface area contributed by atoms with Gasteiger partial charge in [0.2, 0.25) is 0 Å². The lowest BCUT2D eigenvalue weighted by molar-refractivity contribution is 0.354. The number of imidazole rings is 1. The third kappa shape index (κ3) is 4.80. The second-order valence-electron chi connectivity index (χ2n) is 6.89. The van der Waals surface area contributed by atoms with Crippen molar-refractivity contribution < 1.29 is 9.47 Å². The number of likely N-dealkylation sites (N-methyl/N-ethyl adjacent to an activating group) is 1. The molecule has 1 aromatic carbocycles. The Morgan fingerprint density at radius 3 is 2.66 bits per heavy atom. The minimum absolute atomic E-state index is 0.620. The normalized spacial score (nSPS) is 11.6. The molecule has 0 aliphatic carbocycles. The molecule has 2 heterocycles. The van der Waals surface area contributed by atoms with Crippen molar-refractivity contribution in [2.24, 2.45) is 4.99 Å². The Kier molecular flexibility index (Phi) is 6.59. The summed E-state index contributed by atoms with van der Waals surface area (Å²) in [5, 5.41) is 3.40. The molecular formula is C22H29N5O2. The first kappa shape index (κ1) is 20.5. The van der Waals surface area contributed by atoms with Crippen LogP contribution >= 0.6 is 0 Å². The van der Waals surface area contributed by atoms with E-state index in [1.54, 1.807) is 21.3 Å². The van der Waals surface area contributed by atoms with Gasteiger partial charge in [0.15, 0.2) is 17.5 Å². The summed E-state index contributed by atoms with van der Waals surface area (Å²) in [5.41, 5.74) is 4.28. The Labute approximate surface area is 172 Å². The molecule has 2 aromatic heterocycles. The van der Waals surface area contributed by atoms with Gasteiger partial charge in [0.1, 0.15) is 5.65 Å². The minimum Gasteiger partial charge on any atom is -0.493 e. The Bertz CT molecular complexity index is 996. The highest BCUT2D eigenvalue weighted by molar-refractivity contribution is 5.79. The number of nitrogens with zero attached hydrogens (tertiary/aromatic N) is 4. The number of methoxy groups -OCH3 is 2. The summed E-state index contributed by atoms with van der Waals surface area (Å²) < 4.78 is 12.8. The first-order valence-corrected chi connectivity index (χ1v) is 9.62. The lowest BCUT2D eigenvalue weighted by atomic mass is 10.1. The fourth-order valence-corrected chi connectivity index (χ4v) is 3.28. The molecule has 3 rings (SSSR count). The predicted molar refractivity (Wildman–Crippen MR) is 116 cm³/mol. The van der Waals surface area contributed by atoms with Gasteiger partial charge in [0, 0.05) is 32.5 Å². The SMILES string of the molecule is CN=C(NCc1cn2c(C)cccc2n1)N(C)CCc1ccc(OC)c(OC)c1. The number of hydrogen-bond donors (Lipinski definition) is 1. The molecule has 154 valence electrons. The zero-order valence-corrected chi connectivity index (χ0v) is 17.8. The number of hydrogen-bond acceptors (Lipinski definition) is 4. The van der Waals surface area contributed by atoms with Crippen LogP contribution in [0.15, 0.2) is 47.6 Å². The van der Waals surface area contributed by atoms with Crippen molar-refractivity contribution in [2.45, 2.75) is 19.9 Å². The molecule has 1 N–H and O–H groups in total. The quantitative estimate of drug-likeness (QED) is 0.492. The van der Waals surface area contributed by atoms with Crippen LogP contribution in [0.1, 0.15) is 17.0 Å². The molecule has 7 nitrogen and oxygen atoms in total. The number of nitrogens with one attached hydrogen (secondary N) is 1. The maximum atomic E-state index is 5.39. The number of aryl methyl sites for hydroxylation is 1. The summed E-state index contributed by atoms with van der Waals surface area (Å²) in [6.45, 7) is 3.51. The van der Waals surface area contributed by atoms with Crippen molar-refractivity contribution in [3.8, 4) is 11.5 Å². The number of pyridine rings is 1. The Hall–Kier alpha value is -3.22. The average molecular weight is 396 g/mol. The molecular weight excluding hydrogens is 366 g/mol. The van der Waals surface area contributed by atoms with E-state index >= 15 is 0 Å². The highest BCUT2D eigenvalue weighted by Gasteiger charge is 2.10. The third-order valence-corrected chi connectivity index (χ3v) is 4.93. The van der Waals surface area contributed by atoms with Gasteiger partial charge >= 0.3 is 0 Å². The number of benzene rings is 1. The van der Waals surface area contributed by atoms with Crippen molar-refractivity contribution in [2.75, 3.05) is 34.9 Å². The first-order valence-electron chi connectivity index (χ1n) is 9.62. The van der Waals surface area contributed by atoms with Crippen LogP contribution in [0.25, 0.3) is 5.65 Å². The third-order valence-electron chi connectivity index (χ3n) is 4.93. The number of aliphatic imine (C=N–C) groups is 1. The molecule has 0 bridgehead atoms. The Balaban J connectivity index is 1.58. The van der Waals surface area contributed by atoms with Crippen molar-refractivity contribution in [3.63, 3.8) is 0 Å². The highest BCUT2D eigenvalue weighted by atomic mass is 16.5. The zero-order valence-electron chi connectivity index (χ0n) is 17.8. The van der Waals surface area contributed by atoms with Crippen LogP contribution < -0.4 is 14.8 Å². The molecule has 0 atom stereocenters. The molecule has 0 saturated carbocycles. The maximum absolute atomic E-state index is 5.39. The number of aromatic nitrogens is 2. The van der Waals surface area contributed by atoms with Crippen LogP contribution in [0.4, 0.5) is 0 Å². The lowest BCUT2D eigenvalue weighted by Crippen LogP contribution is -2.39. The van der Waals surface area contributed by atoms with Gasteiger partial charge in [-0.2, -0.15) is 0 Å². The van der Waals surface area contributed by atoms with E-state index < -0.39 is 0 Å². The van der Waals surface area contributed by atoms with Crippen molar-refractivity contribution in [1.82, 2.24) is 19.6 Å². The van der Waals surface area contributed by atoms with Crippen molar-refractivity contribution >= 4 is 11.6 Å². The molecule has 0 saturated heterocycles. The molecule has 0 fully saturated rings. The first-order chi connectivity index (χ1) is 14.0. The molecule has 7 heteroatoms. The van der Waals surface area contributed by atoms with Gasteiger partial charge < -0.3 is 24.1 Å². The van der Waals surface area contributed by atoms with Gasteiger partial charge in [-0.15, -0.1) is 0 Å². The fraction of sp³-hybridized carbons (Fsp3) is 0.364. The van der Waals surface area contributed by atoms with Crippen molar-refractivity contribution in [1.29, 1.82) is 0 Å². The van der Waals surface area contributed by atoms with Gasteiger partial charge in [-0.05, 0) is 43.2 Å². The van der Waals surface area contributed by atoms with Gasteiger partial charge in [-0.3, -0.25) is 4.99 Å². The van der Waals surface area contributed by atoms with E-state index in [1.165, 1.54) is 5.56 Å². The topological polar surface area (TPSA) is 63.4 Å². The summed E-state index contributed by atoms with van der Waals surface area (Å²) in [6, 6.07) is 12.1. The summed E-state index contributed by atoms with van der Waals surface area (Å²) in [7, 11) is 7.12. The summed E-state index contributed by atoms with van der Waals surface area (Å²) in [6.07, 6.45) is 2.93. The minimum atomic E-state index is 0.620. The number of rotatable bonds is 7. The van der Waals surface area contributed by atoms with Crippen LogP contribution in [-0.4, -0.2) is 55.1 Å². The molecule has 3 aromatic rings. The standard InChI is InChI=1S/C22H29N5O2/c1-16-7-6-8-21-25-18(15-27(16)21)14-24-22(23-2)26(3)12-11-17-9-10-19(28-4)20(13-17)29-5/h6-10,13,15H,11-12,14H2,1-5H3,(H,23,24). The van der Waals surface area contributed by atoms with Gasteiger partial charge in [-0.25, -0.2) is 4.98 Å². The van der Waals surface area contributed by atoms with Crippen molar-refractivity contribution in [3.05, 3.63) is 59.5 Å². The lowest BCUT2D eigenvalue weighted by Gasteiger charge is -2.22. The Morgan fingerprint density at radius 1 is 1.17 bits per heavy atom. The van der Waals surface area contributed by atoms with E-state index in [2.05, 4.69) is 49.8 Å². The second kappa shape index (κ2) is 9.32. The molecule has 0 radical (unpaired) electrons. The summed E-state index contributed by atoms with van der Waals surface area (Å²) in [4.78, 5) is 11.2. The maximum Gasteiger partial charge on any atom is 0.193 e. The van der Waals surface area contributed by atoms with Crippen LogP contribution in [-0.2, 0) is 13.0 Å². The number of guanidine groups is 1. The smallest absolute Gasteiger partial charge is 0.193 e. The van der Waals surface area contributed by atoms with Gasteiger partial charge in [0.25, 0.3) is 0 Å². The molecule has 0 spiro atoms. The van der Waals surface area contributed by atoms with E-state index in [-0.39, 0.29) is 0 Å². The number of ether oxygens (including phenoxy) is 2. The summed E-state index contributed by atoms with van der Waals surface area (Å²) >= 11 is 0. The van der Waals surface area contributed by atoms with E-state index in [0.717, 1.165) is 47.5 Å².